The molecule has 1 aromatic heterocycles. The fourth-order valence-electron chi connectivity index (χ4n) is 4.31. The first-order chi connectivity index (χ1) is 15.2. The summed E-state index contributed by atoms with van der Waals surface area (Å²) in [4.78, 5) is 19.4. The zero-order chi connectivity index (χ0) is 21.2. The van der Waals surface area contributed by atoms with Crippen molar-refractivity contribution in [2.45, 2.75) is 18.9 Å². The van der Waals surface area contributed by atoms with E-state index in [9.17, 15) is 4.79 Å². The third-order valence-electron chi connectivity index (χ3n) is 5.86. The summed E-state index contributed by atoms with van der Waals surface area (Å²) < 4.78 is 6.23. The van der Waals surface area contributed by atoms with Crippen molar-refractivity contribution < 1.29 is 9.53 Å². The van der Waals surface area contributed by atoms with Crippen molar-refractivity contribution in [2.75, 3.05) is 26.2 Å². The summed E-state index contributed by atoms with van der Waals surface area (Å²) in [5.74, 6) is 0.814. The number of fused-ring (bicyclic) bond motifs is 1. The molecular weight excluding hydrogens is 410 g/mol. The number of nitrogens with zero attached hydrogens (tertiary/aromatic N) is 2. The molecule has 0 saturated carbocycles. The van der Waals surface area contributed by atoms with Gasteiger partial charge in [-0.3, -0.25) is 9.78 Å². The van der Waals surface area contributed by atoms with E-state index >= 15 is 0 Å². The molecule has 2 aromatic carbocycles. The number of rotatable bonds is 4. The van der Waals surface area contributed by atoms with Gasteiger partial charge in [-0.05, 0) is 35.4 Å². The Morgan fingerprint density at radius 3 is 2.74 bits per heavy atom. The lowest BCUT2D eigenvalue weighted by molar-refractivity contribution is -0.138. The number of amides is 1. The molecule has 0 aliphatic carbocycles. The second-order valence-electron chi connectivity index (χ2n) is 8.03. The fourth-order valence-corrected chi connectivity index (χ4v) is 4.55. The van der Waals surface area contributed by atoms with Gasteiger partial charge in [0.1, 0.15) is 5.75 Å². The fraction of sp³-hybridized carbons (Fsp3) is 0.280. The average Bonchev–Trinajstić information content (AvgIpc) is 3.23. The first kappa shape index (κ1) is 20.0. The second kappa shape index (κ2) is 8.69. The molecule has 3 heterocycles. The molecule has 2 aliphatic heterocycles. The van der Waals surface area contributed by atoms with Crippen LogP contribution in [0.25, 0.3) is 11.1 Å². The normalized spacial score (nSPS) is 17.8. The summed E-state index contributed by atoms with van der Waals surface area (Å²) in [6.07, 6.45) is 2.63. The highest BCUT2D eigenvalue weighted by Gasteiger charge is 2.34. The highest BCUT2D eigenvalue weighted by molar-refractivity contribution is 6.31. The standard InChI is InChI=1S/C25H24ClN3O2/c26-20-13-19-15-23(25(30)29-10-8-27-9-11-29)31-24(19)22(16-20)18-6-7-28-21(14-18)12-17-4-2-1-3-5-17/h1-7,13-14,16,23,27H,8-12,15H2. The van der Waals surface area contributed by atoms with Gasteiger partial charge in [0.2, 0.25) is 0 Å². The van der Waals surface area contributed by atoms with Gasteiger partial charge in [0.15, 0.2) is 6.10 Å². The topological polar surface area (TPSA) is 54.5 Å². The number of halogens is 1. The summed E-state index contributed by atoms with van der Waals surface area (Å²) in [6, 6.07) is 18.2. The van der Waals surface area contributed by atoms with Crippen molar-refractivity contribution in [1.82, 2.24) is 15.2 Å². The molecular formula is C25H24ClN3O2. The number of aromatic nitrogens is 1. The molecule has 1 fully saturated rings. The van der Waals surface area contributed by atoms with E-state index in [2.05, 4.69) is 28.5 Å². The van der Waals surface area contributed by atoms with Crippen LogP contribution in [-0.4, -0.2) is 48.1 Å². The Labute approximate surface area is 187 Å². The quantitative estimate of drug-likeness (QED) is 0.681. The lowest BCUT2D eigenvalue weighted by Gasteiger charge is -2.29. The lowest BCUT2D eigenvalue weighted by atomic mass is 9.99. The Bertz CT molecular complexity index is 1100. The van der Waals surface area contributed by atoms with Crippen molar-refractivity contribution in [3.8, 4) is 16.9 Å². The van der Waals surface area contributed by atoms with Crippen molar-refractivity contribution in [1.29, 1.82) is 0 Å². The second-order valence-corrected chi connectivity index (χ2v) is 8.46. The van der Waals surface area contributed by atoms with Gasteiger partial charge in [0, 0.05) is 67.1 Å². The number of piperazine rings is 1. The predicted octanol–water partition coefficient (Wildman–Crippen LogP) is 3.73. The summed E-state index contributed by atoms with van der Waals surface area (Å²) >= 11 is 6.45. The van der Waals surface area contributed by atoms with Crippen LogP contribution in [0.3, 0.4) is 0 Å². The van der Waals surface area contributed by atoms with Crippen molar-refractivity contribution >= 4 is 17.5 Å². The maximum Gasteiger partial charge on any atom is 0.264 e. The molecule has 31 heavy (non-hydrogen) atoms. The van der Waals surface area contributed by atoms with Gasteiger partial charge in [-0.25, -0.2) is 0 Å². The summed E-state index contributed by atoms with van der Waals surface area (Å²) in [5.41, 5.74) is 5.08. The third kappa shape index (κ3) is 4.29. The van der Waals surface area contributed by atoms with Crippen LogP contribution in [0.2, 0.25) is 5.02 Å². The van der Waals surface area contributed by atoms with Crippen LogP contribution in [0.15, 0.2) is 60.8 Å². The largest absolute Gasteiger partial charge is 0.479 e. The maximum absolute atomic E-state index is 13.0. The number of carbonyl (C=O) groups is 1. The van der Waals surface area contributed by atoms with Crippen LogP contribution in [-0.2, 0) is 17.6 Å². The Hall–Kier alpha value is -2.89. The third-order valence-corrected chi connectivity index (χ3v) is 6.07. The van der Waals surface area contributed by atoms with Crippen LogP contribution in [0.1, 0.15) is 16.8 Å². The number of ether oxygens (including phenoxy) is 1. The molecule has 1 amide bonds. The zero-order valence-corrected chi connectivity index (χ0v) is 17.9. The van der Waals surface area contributed by atoms with Gasteiger partial charge in [0.25, 0.3) is 5.91 Å². The number of carbonyl (C=O) groups excluding carboxylic acids is 1. The van der Waals surface area contributed by atoms with E-state index in [1.165, 1.54) is 5.56 Å². The Morgan fingerprint density at radius 1 is 1.13 bits per heavy atom. The molecule has 6 heteroatoms. The molecule has 5 nitrogen and oxygen atoms in total. The highest BCUT2D eigenvalue weighted by Crippen LogP contribution is 2.41. The van der Waals surface area contributed by atoms with Crippen LogP contribution >= 0.6 is 11.6 Å². The lowest BCUT2D eigenvalue weighted by Crippen LogP contribution is -2.50. The molecule has 1 unspecified atom stereocenters. The predicted molar refractivity (Wildman–Crippen MR) is 122 cm³/mol. The molecule has 3 aromatic rings. The average molecular weight is 434 g/mol. The molecule has 1 atom stereocenters. The smallest absolute Gasteiger partial charge is 0.264 e. The minimum absolute atomic E-state index is 0.0549. The molecule has 0 bridgehead atoms. The monoisotopic (exact) mass is 433 g/mol. The molecule has 1 saturated heterocycles. The summed E-state index contributed by atoms with van der Waals surface area (Å²) in [6.45, 7) is 3.08. The minimum Gasteiger partial charge on any atom is -0.479 e. The van der Waals surface area contributed by atoms with E-state index in [-0.39, 0.29) is 5.91 Å². The first-order valence-electron chi connectivity index (χ1n) is 10.7. The number of benzene rings is 2. The summed E-state index contributed by atoms with van der Waals surface area (Å²) in [7, 11) is 0. The van der Waals surface area contributed by atoms with Gasteiger partial charge >= 0.3 is 0 Å². The minimum atomic E-state index is -0.490. The van der Waals surface area contributed by atoms with Crippen LogP contribution in [0.5, 0.6) is 5.75 Å². The first-order valence-corrected chi connectivity index (χ1v) is 11.0. The van der Waals surface area contributed by atoms with E-state index in [1.54, 1.807) is 0 Å². The number of hydrogen-bond acceptors (Lipinski definition) is 4. The van der Waals surface area contributed by atoms with Gasteiger partial charge < -0.3 is 15.0 Å². The van der Waals surface area contributed by atoms with E-state index in [4.69, 9.17) is 16.3 Å². The van der Waals surface area contributed by atoms with Crippen LogP contribution < -0.4 is 10.1 Å². The van der Waals surface area contributed by atoms with Crippen LogP contribution in [0, 0.1) is 0 Å². The molecule has 2 aliphatic rings. The van der Waals surface area contributed by atoms with Gasteiger partial charge in [-0.1, -0.05) is 41.9 Å². The van der Waals surface area contributed by atoms with E-state index in [0.29, 0.717) is 11.4 Å². The van der Waals surface area contributed by atoms with Crippen molar-refractivity contribution in [2.24, 2.45) is 0 Å². The maximum atomic E-state index is 13.0. The Morgan fingerprint density at radius 2 is 1.94 bits per heavy atom. The number of nitrogens with one attached hydrogen (secondary N) is 1. The SMILES string of the molecule is O=C(C1Cc2cc(Cl)cc(-c3ccnc(Cc4ccccc4)c3)c2O1)N1CCNCC1. The van der Waals surface area contributed by atoms with Gasteiger partial charge in [-0.15, -0.1) is 0 Å². The van der Waals surface area contributed by atoms with E-state index in [0.717, 1.165) is 60.7 Å². The Balaban J connectivity index is 1.42. The summed E-state index contributed by atoms with van der Waals surface area (Å²) in [5, 5.41) is 3.93. The molecule has 1 N–H and O–H groups in total. The highest BCUT2D eigenvalue weighted by atomic mass is 35.5. The molecule has 5 rings (SSSR count). The van der Waals surface area contributed by atoms with E-state index in [1.807, 2.05) is 47.5 Å². The van der Waals surface area contributed by atoms with Crippen molar-refractivity contribution in [3.63, 3.8) is 0 Å². The zero-order valence-electron chi connectivity index (χ0n) is 17.2. The van der Waals surface area contributed by atoms with Gasteiger partial charge in [0.05, 0.1) is 0 Å². The number of pyridine rings is 1. The van der Waals surface area contributed by atoms with Gasteiger partial charge in [-0.2, -0.15) is 0 Å². The molecule has 0 radical (unpaired) electrons. The Kier molecular flexibility index (Phi) is 5.62. The van der Waals surface area contributed by atoms with Crippen LogP contribution in [0.4, 0.5) is 0 Å². The molecule has 158 valence electrons. The van der Waals surface area contributed by atoms with E-state index < -0.39 is 6.10 Å². The molecule has 0 spiro atoms. The number of hydrogen-bond donors (Lipinski definition) is 1. The van der Waals surface area contributed by atoms with Crippen molar-refractivity contribution in [3.05, 3.63) is 82.6 Å².